The van der Waals surface area contributed by atoms with E-state index in [1.807, 2.05) is 22.6 Å². The van der Waals surface area contributed by atoms with Gasteiger partial charge in [-0.3, -0.25) is 4.79 Å². The second kappa shape index (κ2) is 5.34. The number of rotatable bonds is 4. The van der Waals surface area contributed by atoms with Crippen molar-refractivity contribution in [1.82, 2.24) is 5.32 Å². The van der Waals surface area contributed by atoms with Crippen LogP contribution in [0, 0.1) is 5.92 Å². The minimum atomic E-state index is -0.983. The quantitative estimate of drug-likeness (QED) is 0.588. The average molecular weight is 285 g/mol. The van der Waals surface area contributed by atoms with Crippen molar-refractivity contribution in [3.63, 3.8) is 0 Å². The van der Waals surface area contributed by atoms with Crippen molar-refractivity contribution >= 4 is 34.5 Å². The first kappa shape index (κ1) is 11.7. The van der Waals surface area contributed by atoms with Crippen LogP contribution in [0.4, 0.5) is 0 Å². The van der Waals surface area contributed by atoms with E-state index in [2.05, 4.69) is 5.32 Å². The third kappa shape index (κ3) is 3.89. The summed E-state index contributed by atoms with van der Waals surface area (Å²) in [5.41, 5.74) is 0. The van der Waals surface area contributed by atoms with Gasteiger partial charge in [-0.05, 0) is 5.92 Å². The molecule has 1 atom stereocenters. The summed E-state index contributed by atoms with van der Waals surface area (Å²) in [7, 11) is 0. The molecule has 0 spiro atoms. The molecule has 70 valence electrons. The molecule has 0 aliphatic heterocycles. The molecule has 0 aliphatic carbocycles. The molecule has 0 aromatic carbocycles. The van der Waals surface area contributed by atoms with Crippen molar-refractivity contribution in [3.05, 3.63) is 0 Å². The normalized spacial score (nSPS) is 12.7. The Morgan fingerprint density at radius 1 is 1.50 bits per heavy atom. The Balaban J connectivity index is 4.14. The maximum atomic E-state index is 10.8. The maximum absolute atomic E-state index is 10.8. The van der Waals surface area contributed by atoms with Crippen molar-refractivity contribution in [2.75, 3.05) is 4.43 Å². The highest BCUT2D eigenvalue weighted by molar-refractivity contribution is 14.1. The Morgan fingerprint density at radius 3 is 2.25 bits per heavy atom. The van der Waals surface area contributed by atoms with Crippen molar-refractivity contribution in [3.8, 4) is 0 Å². The number of amides is 1. The molecule has 0 rings (SSSR count). The Kier molecular flexibility index (Phi) is 5.19. The molecular formula is C7H12INO3. The van der Waals surface area contributed by atoms with Crippen LogP contribution < -0.4 is 5.32 Å². The smallest absolute Gasteiger partial charge is 0.326 e. The van der Waals surface area contributed by atoms with E-state index in [9.17, 15) is 9.59 Å². The summed E-state index contributed by atoms with van der Waals surface area (Å²) in [6.07, 6.45) is 0. The van der Waals surface area contributed by atoms with Crippen LogP contribution in [-0.2, 0) is 9.59 Å². The summed E-state index contributed by atoms with van der Waals surface area (Å²) in [6, 6.07) is -0.771. The summed E-state index contributed by atoms with van der Waals surface area (Å²) in [5.74, 6) is -1.31. The van der Waals surface area contributed by atoms with Crippen LogP contribution in [0.1, 0.15) is 13.8 Å². The molecule has 0 saturated carbocycles. The van der Waals surface area contributed by atoms with Gasteiger partial charge in [0.25, 0.3) is 0 Å². The van der Waals surface area contributed by atoms with Crippen molar-refractivity contribution in [1.29, 1.82) is 0 Å². The van der Waals surface area contributed by atoms with E-state index in [1.165, 1.54) is 0 Å². The van der Waals surface area contributed by atoms with Crippen LogP contribution in [0.15, 0.2) is 0 Å². The Hall–Kier alpha value is -0.330. The number of alkyl halides is 1. The number of aliphatic carboxylic acids is 1. The highest BCUT2D eigenvalue weighted by Gasteiger charge is 2.22. The van der Waals surface area contributed by atoms with Gasteiger partial charge < -0.3 is 10.4 Å². The molecule has 0 radical (unpaired) electrons. The van der Waals surface area contributed by atoms with Gasteiger partial charge in [0.05, 0.1) is 4.43 Å². The molecule has 4 nitrogen and oxygen atoms in total. The van der Waals surface area contributed by atoms with E-state index in [1.54, 1.807) is 13.8 Å². The van der Waals surface area contributed by atoms with Crippen molar-refractivity contribution in [2.24, 2.45) is 5.92 Å². The van der Waals surface area contributed by atoms with Crippen LogP contribution in [0.25, 0.3) is 0 Å². The second-order valence-corrected chi connectivity index (χ2v) is 3.52. The lowest BCUT2D eigenvalue weighted by Crippen LogP contribution is -2.44. The van der Waals surface area contributed by atoms with Gasteiger partial charge >= 0.3 is 5.97 Å². The Labute approximate surface area is 84.9 Å². The monoisotopic (exact) mass is 285 g/mol. The van der Waals surface area contributed by atoms with E-state index < -0.39 is 12.0 Å². The molecule has 0 aromatic rings. The van der Waals surface area contributed by atoms with Crippen LogP contribution in [0.3, 0.4) is 0 Å². The van der Waals surface area contributed by atoms with Gasteiger partial charge in [-0.2, -0.15) is 0 Å². The molecule has 0 unspecified atom stereocenters. The zero-order chi connectivity index (χ0) is 9.72. The maximum Gasteiger partial charge on any atom is 0.326 e. The molecular weight excluding hydrogens is 273 g/mol. The number of hydrogen-bond donors (Lipinski definition) is 2. The highest BCUT2D eigenvalue weighted by atomic mass is 127. The Bertz CT molecular complexity index is 181. The van der Waals surface area contributed by atoms with Crippen LogP contribution in [0.2, 0.25) is 0 Å². The number of hydrogen-bond acceptors (Lipinski definition) is 2. The fourth-order valence-corrected chi connectivity index (χ4v) is 0.946. The van der Waals surface area contributed by atoms with Gasteiger partial charge in [-0.1, -0.05) is 36.4 Å². The third-order valence-electron chi connectivity index (χ3n) is 1.37. The lowest BCUT2D eigenvalue weighted by molar-refractivity contribution is -0.142. The van der Waals surface area contributed by atoms with Crippen molar-refractivity contribution < 1.29 is 14.7 Å². The molecule has 12 heavy (non-hydrogen) atoms. The number of carboxylic acids is 1. The Morgan fingerprint density at radius 2 is 2.00 bits per heavy atom. The second-order valence-electron chi connectivity index (χ2n) is 2.76. The number of halogens is 1. The molecule has 2 N–H and O–H groups in total. The van der Waals surface area contributed by atoms with E-state index in [4.69, 9.17) is 5.11 Å². The molecule has 0 aliphatic rings. The van der Waals surface area contributed by atoms with Crippen LogP contribution in [-0.4, -0.2) is 27.5 Å². The van der Waals surface area contributed by atoms with Crippen molar-refractivity contribution in [2.45, 2.75) is 19.9 Å². The molecule has 0 fully saturated rings. The van der Waals surface area contributed by atoms with Crippen LogP contribution in [0.5, 0.6) is 0 Å². The highest BCUT2D eigenvalue weighted by Crippen LogP contribution is 2.01. The first-order valence-electron chi connectivity index (χ1n) is 3.57. The minimum absolute atomic E-state index is 0.0885. The van der Waals surface area contributed by atoms with Crippen LogP contribution >= 0.6 is 22.6 Å². The molecule has 0 bridgehead atoms. The minimum Gasteiger partial charge on any atom is -0.480 e. The fraction of sp³-hybridized carbons (Fsp3) is 0.714. The largest absolute Gasteiger partial charge is 0.480 e. The van der Waals surface area contributed by atoms with E-state index in [-0.39, 0.29) is 16.3 Å². The van der Waals surface area contributed by atoms with Gasteiger partial charge in [0, 0.05) is 0 Å². The molecule has 5 heteroatoms. The van der Waals surface area contributed by atoms with Gasteiger partial charge in [0.2, 0.25) is 5.91 Å². The van der Waals surface area contributed by atoms with Gasteiger partial charge in [0.15, 0.2) is 0 Å². The average Bonchev–Trinajstić information content (AvgIpc) is 1.98. The SMILES string of the molecule is CC(C)[C@H](NC(=O)CI)C(=O)O. The number of carbonyl (C=O) groups excluding carboxylic acids is 1. The first-order chi connectivity index (χ1) is 5.49. The fourth-order valence-electron chi connectivity index (χ4n) is 0.726. The van der Waals surface area contributed by atoms with E-state index >= 15 is 0 Å². The third-order valence-corrected chi connectivity index (χ3v) is 2.06. The first-order valence-corrected chi connectivity index (χ1v) is 5.09. The predicted octanol–water partition coefficient (Wildman–Crippen LogP) is 0.647. The number of carboxylic acid groups (broad SMARTS) is 1. The van der Waals surface area contributed by atoms with Gasteiger partial charge in [-0.15, -0.1) is 0 Å². The lowest BCUT2D eigenvalue weighted by atomic mass is 10.1. The zero-order valence-corrected chi connectivity index (χ0v) is 9.16. The molecule has 0 aromatic heterocycles. The van der Waals surface area contributed by atoms with E-state index in [0.717, 1.165) is 0 Å². The zero-order valence-electron chi connectivity index (χ0n) is 7.00. The molecule has 1 amide bonds. The standard InChI is InChI=1S/C7H12INO3/c1-4(2)6(7(11)12)9-5(10)3-8/h4,6H,3H2,1-2H3,(H,9,10)(H,11,12)/t6-/m0/s1. The number of nitrogens with one attached hydrogen (secondary N) is 1. The summed E-state index contributed by atoms with van der Waals surface area (Å²) in [6.45, 7) is 3.51. The van der Waals surface area contributed by atoms with E-state index in [0.29, 0.717) is 0 Å². The van der Waals surface area contributed by atoms with Gasteiger partial charge in [-0.25, -0.2) is 4.79 Å². The topological polar surface area (TPSA) is 66.4 Å². The summed E-state index contributed by atoms with van der Waals surface area (Å²) >= 11 is 1.89. The van der Waals surface area contributed by atoms with Gasteiger partial charge in [0.1, 0.15) is 6.04 Å². The summed E-state index contributed by atoms with van der Waals surface area (Å²) in [4.78, 5) is 21.4. The lowest BCUT2D eigenvalue weighted by Gasteiger charge is -2.16. The molecule has 0 saturated heterocycles. The summed E-state index contributed by atoms with van der Waals surface area (Å²) in [5, 5.41) is 11.1. The number of carbonyl (C=O) groups is 2. The predicted molar refractivity (Wildman–Crippen MR) is 53.3 cm³/mol. The summed E-state index contributed by atoms with van der Waals surface area (Å²) < 4.78 is 0.286. The molecule has 0 heterocycles.